The van der Waals surface area contributed by atoms with Crippen molar-refractivity contribution in [1.29, 1.82) is 0 Å². The summed E-state index contributed by atoms with van der Waals surface area (Å²) in [6.07, 6.45) is 0.628. The Morgan fingerprint density at radius 1 is 0.727 bits per heavy atom. The van der Waals surface area contributed by atoms with Crippen LogP contribution >= 0.6 is 0 Å². The fraction of sp³-hybridized carbons (Fsp3) is 0.818. The van der Waals surface area contributed by atoms with Gasteiger partial charge in [0.1, 0.15) is 0 Å². The molecule has 0 aliphatic heterocycles. The van der Waals surface area contributed by atoms with Gasteiger partial charge >= 0.3 is 29.6 Å². The molecule has 22 heavy (non-hydrogen) atoms. The van der Waals surface area contributed by atoms with Crippen molar-refractivity contribution in [2.24, 2.45) is 0 Å². The predicted molar refractivity (Wildman–Crippen MR) is 53.4 cm³/mol. The Morgan fingerprint density at radius 2 is 1.09 bits per heavy atom. The highest BCUT2D eigenvalue weighted by Crippen LogP contribution is 2.54. The molecule has 0 aromatic carbocycles. The van der Waals surface area contributed by atoms with Gasteiger partial charge in [0.25, 0.3) is 0 Å². The molecule has 1 unspecified atom stereocenters. The lowest BCUT2D eigenvalue weighted by molar-refractivity contribution is -0.320. The van der Waals surface area contributed by atoms with E-state index < -0.39 is 55.5 Å². The van der Waals surface area contributed by atoms with E-state index in [1.54, 1.807) is 0 Å². The second kappa shape index (κ2) is 5.16. The molecule has 130 valence electrons. The summed E-state index contributed by atoms with van der Waals surface area (Å²) in [6, 6.07) is 0. The summed E-state index contributed by atoms with van der Waals surface area (Å²) in [6.45, 7) is -1.07. The maximum absolute atomic E-state index is 13.5. The fourth-order valence-electron chi connectivity index (χ4n) is 1.42. The second-order valence-corrected chi connectivity index (χ2v) is 4.83. The van der Waals surface area contributed by atoms with E-state index in [1.165, 1.54) is 0 Å². The first-order valence-electron chi connectivity index (χ1n) is 5.32. The molecule has 0 spiro atoms. The third-order valence-electron chi connectivity index (χ3n) is 2.79. The summed E-state index contributed by atoms with van der Waals surface area (Å²) in [5.41, 5.74) is -4.93. The topological polar surface area (TPSA) is 0 Å². The van der Waals surface area contributed by atoms with E-state index in [9.17, 15) is 48.3 Å². The molecule has 0 saturated heterocycles. The van der Waals surface area contributed by atoms with Crippen LogP contribution in [0.2, 0.25) is 0 Å². The van der Waals surface area contributed by atoms with Crippen molar-refractivity contribution >= 4 is 0 Å². The molecule has 0 N–H and O–H groups in total. The van der Waals surface area contributed by atoms with E-state index in [-0.39, 0.29) is 5.92 Å². The van der Waals surface area contributed by atoms with Crippen LogP contribution in [0.15, 0.2) is 0 Å². The Kier molecular flexibility index (Phi) is 4.88. The van der Waals surface area contributed by atoms with Gasteiger partial charge in [-0.05, 0) is 12.8 Å². The average molecular weight is 350 g/mol. The molecule has 0 radical (unpaired) electrons. The third kappa shape index (κ3) is 3.10. The summed E-state index contributed by atoms with van der Waals surface area (Å²) in [5.74, 6) is -29.4. The first kappa shape index (κ1) is 20.8. The van der Waals surface area contributed by atoms with Gasteiger partial charge in [0.05, 0.1) is 6.42 Å². The van der Waals surface area contributed by atoms with Gasteiger partial charge in [-0.25, -0.2) is 13.2 Å². The van der Waals surface area contributed by atoms with E-state index in [4.69, 9.17) is 0 Å². The van der Waals surface area contributed by atoms with Crippen LogP contribution in [-0.2, 0) is 0 Å². The van der Waals surface area contributed by atoms with E-state index in [0.717, 1.165) is 0 Å². The molecule has 0 rings (SSSR count). The number of terminal acetylenes is 1. The van der Waals surface area contributed by atoms with Crippen LogP contribution in [-0.4, -0.2) is 35.3 Å². The first-order chi connectivity index (χ1) is 9.27. The molecule has 0 aliphatic carbocycles. The van der Waals surface area contributed by atoms with Crippen LogP contribution in [0.5, 0.6) is 0 Å². The molecule has 0 aliphatic rings. The standard InChI is InChI=1S/C11H9F11/c1-4-8(15,16)11(21,22)9(17,18)5-6(2,12)10(19,20)7(3,13)14/h1H,5H2,2-3H3. The van der Waals surface area contributed by atoms with Crippen molar-refractivity contribution in [3.8, 4) is 12.3 Å². The zero-order valence-corrected chi connectivity index (χ0v) is 10.9. The maximum Gasteiger partial charge on any atom is 0.383 e. The van der Waals surface area contributed by atoms with Gasteiger partial charge in [0.2, 0.25) is 0 Å². The fourth-order valence-corrected chi connectivity index (χ4v) is 1.42. The lowest BCUT2D eigenvalue weighted by Crippen LogP contribution is -2.60. The van der Waals surface area contributed by atoms with Gasteiger partial charge in [-0.3, -0.25) is 0 Å². The highest BCUT2D eigenvalue weighted by molar-refractivity contribution is 5.14. The van der Waals surface area contributed by atoms with Crippen molar-refractivity contribution in [2.45, 2.75) is 55.5 Å². The summed E-state index contributed by atoms with van der Waals surface area (Å²) < 4.78 is 142. The van der Waals surface area contributed by atoms with Crippen LogP contribution in [0.4, 0.5) is 48.3 Å². The summed E-state index contributed by atoms with van der Waals surface area (Å²) in [5, 5.41) is 0. The normalized spacial score (nSPS) is 17.8. The number of alkyl halides is 11. The Hall–Kier alpha value is -1.21. The van der Waals surface area contributed by atoms with Gasteiger partial charge in [-0.15, -0.1) is 6.42 Å². The lowest BCUT2D eigenvalue weighted by atomic mass is 9.86. The predicted octanol–water partition coefficient (Wildman–Crippen LogP) is 4.93. The Bertz CT molecular complexity index is 450. The van der Waals surface area contributed by atoms with Crippen LogP contribution < -0.4 is 0 Å². The molecule has 0 aromatic heterocycles. The minimum absolute atomic E-state index is 0.0210. The third-order valence-corrected chi connectivity index (χ3v) is 2.79. The SMILES string of the molecule is C#CC(F)(F)C(F)(F)C(F)(F)CC(C)(F)C(F)(F)C(C)(F)F. The summed E-state index contributed by atoms with van der Waals surface area (Å²) in [7, 11) is 0. The van der Waals surface area contributed by atoms with E-state index in [2.05, 4.69) is 6.42 Å². The molecule has 0 saturated carbocycles. The molecule has 1 atom stereocenters. The van der Waals surface area contributed by atoms with Gasteiger partial charge in [0, 0.05) is 6.92 Å². The van der Waals surface area contributed by atoms with Crippen molar-refractivity contribution in [3.05, 3.63) is 0 Å². The number of rotatable bonds is 6. The minimum atomic E-state index is -6.43. The van der Waals surface area contributed by atoms with Gasteiger partial charge in [0.15, 0.2) is 5.67 Å². The van der Waals surface area contributed by atoms with E-state index in [1.807, 2.05) is 0 Å². The largest absolute Gasteiger partial charge is 0.383 e. The Balaban J connectivity index is 5.78. The number of halogens is 11. The van der Waals surface area contributed by atoms with E-state index in [0.29, 0.717) is 0 Å². The van der Waals surface area contributed by atoms with Crippen molar-refractivity contribution in [1.82, 2.24) is 0 Å². The molecule has 11 heteroatoms. The zero-order valence-electron chi connectivity index (χ0n) is 10.9. The average Bonchev–Trinajstić information content (AvgIpc) is 2.25. The highest BCUT2D eigenvalue weighted by Gasteiger charge is 2.76. The van der Waals surface area contributed by atoms with Crippen LogP contribution in [0.25, 0.3) is 0 Å². The van der Waals surface area contributed by atoms with Crippen LogP contribution in [0.1, 0.15) is 20.3 Å². The minimum Gasteiger partial charge on any atom is -0.237 e. The number of hydrogen-bond donors (Lipinski definition) is 0. The smallest absolute Gasteiger partial charge is 0.237 e. The van der Waals surface area contributed by atoms with E-state index >= 15 is 0 Å². The molecule has 0 nitrogen and oxygen atoms in total. The molecule has 0 aromatic rings. The summed E-state index contributed by atoms with van der Waals surface area (Å²) >= 11 is 0. The Morgan fingerprint density at radius 3 is 1.36 bits per heavy atom. The molecule has 0 bridgehead atoms. The van der Waals surface area contributed by atoms with Gasteiger partial charge < -0.3 is 0 Å². The number of hydrogen-bond acceptors (Lipinski definition) is 0. The molecular formula is C11H9F11. The first-order valence-corrected chi connectivity index (χ1v) is 5.32. The van der Waals surface area contributed by atoms with Crippen molar-refractivity contribution in [2.75, 3.05) is 0 Å². The molecule has 0 fully saturated rings. The van der Waals surface area contributed by atoms with Gasteiger partial charge in [-0.1, -0.05) is 0 Å². The summed E-state index contributed by atoms with van der Waals surface area (Å²) in [4.78, 5) is 0. The lowest BCUT2D eigenvalue weighted by Gasteiger charge is -2.38. The van der Waals surface area contributed by atoms with Crippen LogP contribution in [0, 0.1) is 12.3 Å². The van der Waals surface area contributed by atoms with Crippen LogP contribution in [0.3, 0.4) is 0 Å². The molecule has 0 amide bonds. The quantitative estimate of drug-likeness (QED) is 0.471. The van der Waals surface area contributed by atoms with Gasteiger partial charge in [-0.2, -0.15) is 35.1 Å². The maximum atomic E-state index is 13.5. The second-order valence-electron chi connectivity index (χ2n) is 4.83. The monoisotopic (exact) mass is 350 g/mol. The zero-order chi connectivity index (χ0) is 18.4. The Labute approximate surface area is 117 Å². The van der Waals surface area contributed by atoms with Crippen molar-refractivity contribution in [3.63, 3.8) is 0 Å². The van der Waals surface area contributed by atoms with Crippen molar-refractivity contribution < 1.29 is 48.3 Å². The molecule has 0 heterocycles. The molecular weight excluding hydrogens is 341 g/mol. The highest BCUT2D eigenvalue weighted by atomic mass is 19.3.